The summed E-state index contributed by atoms with van der Waals surface area (Å²) in [5.74, 6) is 0.137. The Morgan fingerprint density at radius 1 is 1.75 bits per heavy atom. The molecule has 0 saturated carbocycles. The minimum atomic E-state index is -0.249. The molecule has 0 unspecified atom stereocenters. The van der Waals surface area contributed by atoms with Crippen LogP contribution < -0.4 is 0 Å². The van der Waals surface area contributed by atoms with Crippen molar-refractivity contribution in [1.82, 2.24) is 0 Å². The monoisotopic (exact) mass is 183 g/mol. The number of rotatable bonds is 3. The maximum atomic E-state index is 11.2. The maximum Gasteiger partial charge on any atom is 0.339 e. The summed E-state index contributed by atoms with van der Waals surface area (Å²) in [5.41, 5.74) is 0.598. The Bertz CT molecular complexity index is 239. The van der Waals surface area contributed by atoms with Crippen molar-refractivity contribution in [2.75, 3.05) is 6.61 Å². The van der Waals surface area contributed by atoms with Crippen LogP contribution in [0.4, 0.5) is 0 Å². The fraction of sp³-hybridized carbons (Fsp3) is 0.444. The highest BCUT2D eigenvalue weighted by Crippen LogP contribution is 2.07. The first-order valence-corrected chi connectivity index (χ1v) is 4.70. The van der Waals surface area contributed by atoms with Gasteiger partial charge in [-0.3, -0.25) is 0 Å². The summed E-state index contributed by atoms with van der Waals surface area (Å²) in [6, 6.07) is 1.65. The van der Waals surface area contributed by atoms with Crippen LogP contribution in [0.2, 0.25) is 0 Å². The summed E-state index contributed by atoms with van der Waals surface area (Å²) >= 11 is 1.38. The third kappa shape index (κ3) is 2.66. The van der Waals surface area contributed by atoms with Gasteiger partial charge in [-0.15, -0.1) is 11.3 Å². The van der Waals surface area contributed by atoms with E-state index in [1.54, 1.807) is 11.4 Å². The molecule has 1 heterocycles. The van der Waals surface area contributed by atoms with Crippen molar-refractivity contribution in [2.24, 2.45) is 5.92 Å². The van der Waals surface area contributed by atoms with Crippen molar-refractivity contribution in [3.8, 4) is 0 Å². The van der Waals surface area contributed by atoms with E-state index in [1.165, 1.54) is 11.3 Å². The largest absolute Gasteiger partial charge is 0.462 e. The predicted octanol–water partition coefficient (Wildman–Crippen LogP) is 2.36. The molecule has 0 bridgehead atoms. The first-order chi connectivity index (χ1) is 5.70. The van der Waals surface area contributed by atoms with Crippen LogP contribution in [0.5, 0.6) is 0 Å². The van der Waals surface area contributed by atoms with Crippen LogP contribution in [0.15, 0.2) is 11.4 Å². The highest BCUT2D eigenvalue weighted by atomic mass is 32.1. The van der Waals surface area contributed by atoms with Gasteiger partial charge in [0, 0.05) is 10.8 Å². The number of hydrogen-bond acceptors (Lipinski definition) is 3. The van der Waals surface area contributed by atoms with Crippen molar-refractivity contribution in [1.29, 1.82) is 0 Å². The topological polar surface area (TPSA) is 26.3 Å². The van der Waals surface area contributed by atoms with E-state index in [2.05, 4.69) is 5.38 Å². The highest BCUT2D eigenvalue weighted by Gasteiger charge is 2.07. The molecule has 0 amide bonds. The third-order valence-electron chi connectivity index (χ3n) is 1.25. The number of carbonyl (C=O) groups is 1. The summed E-state index contributed by atoms with van der Waals surface area (Å²) in [6.07, 6.45) is 0. The molecule has 1 radical (unpaired) electrons. The Balaban J connectivity index is 2.40. The lowest BCUT2D eigenvalue weighted by Gasteiger charge is -2.04. The molecule has 0 aliphatic rings. The summed E-state index contributed by atoms with van der Waals surface area (Å²) in [4.78, 5) is 11.2. The Labute approximate surface area is 76.2 Å². The van der Waals surface area contributed by atoms with Crippen LogP contribution in [0, 0.1) is 11.3 Å². The van der Waals surface area contributed by atoms with Crippen LogP contribution in [0.25, 0.3) is 0 Å². The van der Waals surface area contributed by atoms with E-state index in [0.29, 0.717) is 18.1 Å². The van der Waals surface area contributed by atoms with E-state index in [9.17, 15) is 4.79 Å². The smallest absolute Gasteiger partial charge is 0.339 e. The van der Waals surface area contributed by atoms with Gasteiger partial charge in [-0.1, -0.05) is 13.8 Å². The molecule has 0 spiro atoms. The van der Waals surface area contributed by atoms with Crippen molar-refractivity contribution < 1.29 is 9.53 Å². The second-order valence-electron chi connectivity index (χ2n) is 2.95. The lowest BCUT2D eigenvalue weighted by atomic mass is 10.2. The Morgan fingerprint density at radius 3 is 3.00 bits per heavy atom. The molecule has 2 nitrogen and oxygen atoms in total. The molecule has 0 N–H and O–H groups in total. The zero-order chi connectivity index (χ0) is 8.97. The molecule has 1 rings (SSSR count). The summed E-state index contributed by atoms with van der Waals surface area (Å²) in [7, 11) is 0. The first-order valence-electron chi connectivity index (χ1n) is 3.82. The van der Waals surface area contributed by atoms with E-state index in [-0.39, 0.29) is 5.97 Å². The van der Waals surface area contributed by atoms with Crippen LogP contribution in [-0.2, 0) is 4.74 Å². The molecule has 0 aromatic carbocycles. The molecule has 3 heteroatoms. The quantitative estimate of drug-likeness (QED) is 0.672. The summed E-state index contributed by atoms with van der Waals surface area (Å²) in [6.45, 7) is 4.49. The summed E-state index contributed by atoms with van der Waals surface area (Å²) in [5, 5.41) is 4.58. The van der Waals surface area contributed by atoms with E-state index >= 15 is 0 Å². The van der Waals surface area contributed by atoms with Gasteiger partial charge in [0.15, 0.2) is 0 Å². The van der Waals surface area contributed by atoms with Crippen molar-refractivity contribution in [2.45, 2.75) is 13.8 Å². The minimum Gasteiger partial charge on any atom is -0.462 e. The second kappa shape index (κ2) is 4.26. The molecule has 0 fully saturated rings. The Kier molecular flexibility index (Phi) is 3.29. The number of hydrogen-bond donors (Lipinski definition) is 0. The molecule has 12 heavy (non-hydrogen) atoms. The van der Waals surface area contributed by atoms with Gasteiger partial charge in [0.1, 0.15) is 0 Å². The normalized spacial score (nSPS) is 10.2. The van der Waals surface area contributed by atoms with Crippen LogP contribution in [0.1, 0.15) is 24.2 Å². The van der Waals surface area contributed by atoms with Gasteiger partial charge >= 0.3 is 5.97 Å². The van der Waals surface area contributed by atoms with Crippen molar-refractivity contribution in [3.05, 3.63) is 22.4 Å². The Hall–Kier alpha value is -0.830. The predicted molar refractivity (Wildman–Crippen MR) is 48.3 cm³/mol. The standard InChI is InChI=1S/C9H11O2S/c1-7(2)5-11-9(10)8-3-4-12-6-8/h3,6-7H,5H2,1-2H3. The molecule has 65 valence electrons. The van der Waals surface area contributed by atoms with E-state index < -0.39 is 0 Å². The zero-order valence-corrected chi connectivity index (χ0v) is 7.98. The van der Waals surface area contributed by atoms with E-state index in [4.69, 9.17) is 4.74 Å². The molecular formula is C9H11O2S. The van der Waals surface area contributed by atoms with Gasteiger partial charge in [0.05, 0.1) is 12.2 Å². The number of ether oxygens (including phenoxy) is 1. The average molecular weight is 183 g/mol. The fourth-order valence-electron chi connectivity index (χ4n) is 0.662. The fourth-order valence-corrected chi connectivity index (χ4v) is 1.22. The zero-order valence-electron chi connectivity index (χ0n) is 7.16. The van der Waals surface area contributed by atoms with Gasteiger partial charge in [-0.2, -0.15) is 0 Å². The third-order valence-corrected chi connectivity index (χ3v) is 1.88. The first kappa shape index (κ1) is 9.26. The van der Waals surface area contributed by atoms with Gasteiger partial charge in [0.2, 0.25) is 0 Å². The van der Waals surface area contributed by atoms with Gasteiger partial charge in [-0.05, 0) is 12.0 Å². The lowest BCUT2D eigenvalue weighted by Crippen LogP contribution is -2.09. The molecule has 1 aromatic heterocycles. The van der Waals surface area contributed by atoms with Crippen molar-refractivity contribution in [3.63, 3.8) is 0 Å². The number of carbonyl (C=O) groups excluding carboxylic acids is 1. The van der Waals surface area contributed by atoms with Crippen molar-refractivity contribution >= 4 is 17.3 Å². The van der Waals surface area contributed by atoms with E-state index in [0.717, 1.165) is 0 Å². The van der Waals surface area contributed by atoms with Crippen LogP contribution in [-0.4, -0.2) is 12.6 Å². The lowest BCUT2D eigenvalue weighted by molar-refractivity contribution is 0.0459. The number of esters is 1. The number of thiophene rings is 1. The van der Waals surface area contributed by atoms with Crippen LogP contribution >= 0.6 is 11.3 Å². The van der Waals surface area contributed by atoms with E-state index in [1.807, 2.05) is 13.8 Å². The molecule has 0 atom stereocenters. The van der Waals surface area contributed by atoms with Gasteiger partial charge in [-0.25, -0.2) is 4.79 Å². The van der Waals surface area contributed by atoms with Gasteiger partial charge in [0.25, 0.3) is 0 Å². The van der Waals surface area contributed by atoms with Gasteiger partial charge < -0.3 is 4.74 Å². The maximum absolute atomic E-state index is 11.2. The second-order valence-corrected chi connectivity index (χ2v) is 3.65. The molecule has 1 aromatic rings. The van der Waals surface area contributed by atoms with Crippen LogP contribution in [0.3, 0.4) is 0 Å². The molecule has 0 aliphatic heterocycles. The molecule has 0 saturated heterocycles. The molecule has 0 aliphatic carbocycles. The molecular weight excluding hydrogens is 172 g/mol. The highest BCUT2D eigenvalue weighted by molar-refractivity contribution is 7.07. The minimum absolute atomic E-state index is 0.249. The summed E-state index contributed by atoms with van der Waals surface area (Å²) < 4.78 is 5.00. The Morgan fingerprint density at radius 2 is 2.50 bits per heavy atom. The SMILES string of the molecule is CC(C)COC(=O)c1c[c]sc1. The average Bonchev–Trinajstić information content (AvgIpc) is 2.51.